The topological polar surface area (TPSA) is 110 Å². The van der Waals surface area contributed by atoms with Gasteiger partial charge in [-0.25, -0.2) is 4.98 Å². The highest BCUT2D eigenvalue weighted by molar-refractivity contribution is 5.55. The van der Waals surface area contributed by atoms with Gasteiger partial charge in [0, 0.05) is 20.3 Å². The maximum absolute atomic E-state index is 10.9. The fourth-order valence-electron chi connectivity index (χ4n) is 1.73. The van der Waals surface area contributed by atoms with Crippen molar-refractivity contribution in [1.82, 2.24) is 4.98 Å². The second-order valence-corrected chi connectivity index (χ2v) is 4.19. The molecule has 0 spiro atoms. The van der Waals surface area contributed by atoms with Gasteiger partial charge in [-0.15, -0.1) is 0 Å². The number of aliphatic hydroxyl groups excluding tert-OH is 1. The first kappa shape index (κ1) is 16.1. The molecule has 0 saturated heterocycles. The smallest absolute Gasteiger partial charge is 0.276 e. The first-order valence-corrected chi connectivity index (χ1v) is 6.37. The number of nitrogens with zero attached hydrogens (tertiary/aromatic N) is 2. The van der Waals surface area contributed by atoms with Crippen LogP contribution in [0.25, 0.3) is 0 Å². The van der Waals surface area contributed by atoms with E-state index in [0.29, 0.717) is 31.2 Å². The minimum atomic E-state index is -0.467. The molecule has 0 bridgehead atoms. The highest BCUT2D eigenvalue weighted by Gasteiger charge is 2.14. The Kier molecular flexibility index (Phi) is 6.68. The highest BCUT2D eigenvalue weighted by Crippen LogP contribution is 2.21. The van der Waals surface area contributed by atoms with Crippen molar-refractivity contribution in [1.29, 1.82) is 0 Å². The summed E-state index contributed by atoms with van der Waals surface area (Å²) in [6, 6.07) is 2.58. The highest BCUT2D eigenvalue weighted by atomic mass is 16.6. The molecular formula is C12H20N4O4. The summed E-state index contributed by atoms with van der Waals surface area (Å²) in [7, 11) is 1.55. The van der Waals surface area contributed by atoms with Crippen LogP contribution in [0.5, 0.6) is 0 Å². The van der Waals surface area contributed by atoms with Gasteiger partial charge in [0.15, 0.2) is 0 Å². The van der Waals surface area contributed by atoms with E-state index in [9.17, 15) is 10.1 Å². The zero-order valence-electron chi connectivity index (χ0n) is 11.6. The first-order valence-electron chi connectivity index (χ1n) is 6.37. The molecule has 0 radical (unpaired) electrons. The van der Waals surface area contributed by atoms with Gasteiger partial charge < -0.3 is 20.5 Å². The standard InChI is InChI=1S/C12H20N4O4/c1-3-13-11-6-10(16(18)19)7-12(15-11)14-9(4-5-17)8-20-2/h6-7,9,17H,3-5,8H2,1-2H3,(H2,13,14,15). The summed E-state index contributed by atoms with van der Waals surface area (Å²) in [5.41, 5.74) is -0.0429. The number of aromatic nitrogens is 1. The molecule has 1 atom stereocenters. The van der Waals surface area contributed by atoms with Crippen LogP contribution in [0, 0.1) is 10.1 Å². The van der Waals surface area contributed by atoms with Gasteiger partial charge in [0.25, 0.3) is 5.69 Å². The molecule has 0 aromatic carbocycles. The van der Waals surface area contributed by atoms with E-state index in [2.05, 4.69) is 15.6 Å². The maximum Gasteiger partial charge on any atom is 0.276 e. The Morgan fingerprint density at radius 3 is 2.75 bits per heavy atom. The monoisotopic (exact) mass is 284 g/mol. The number of aliphatic hydroxyl groups is 1. The zero-order valence-corrected chi connectivity index (χ0v) is 11.6. The largest absolute Gasteiger partial charge is 0.396 e. The third-order valence-corrected chi connectivity index (χ3v) is 2.58. The van der Waals surface area contributed by atoms with Crippen molar-refractivity contribution < 1.29 is 14.8 Å². The summed E-state index contributed by atoms with van der Waals surface area (Å²) < 4.78 is 5.03. The minimum Gasteiger partial charge on any atom is -0.396 e. The van der Waals surface area contributed by atoms with Gasteiger partial charge in [0.05, 0.1) is 29.7 Å². The molecular weight excluding hydrogens is 264 g/mol. The molecule has 3 N–H and O–H groups in total. The van der Waals surface area contributed by atoms with Crippen LogP contribution >= 0.6 is 0 Å². The lowest BCUT2D eigenvalue weighted by Crippen LogP contribution is -2.26. The van der Waals surface area contributed by atoms with Crippen LogP contribution in [0.4, 0.5) is 17.3 Å². The summed E-state index contributed by atoms with van der Waals surface area (Å²) in [5.74, 6) is 0.815. The van der Waals surface area contributed by atoms with Crippen molar-refractivity contribution in [2.24, 2.45) is 0 Å². The predicted molar refractivity (Wildman–Crippen MR) is 76.0 cm³/mol. The van der Waals surface area contributed by atoms with Gasteiger partial charge in [-0.3, -0.25) is 10.1 Å². The van der Waals surface area contributed by atoms with E-state index in [4.69, 9.17) is 9.84 Å². The molecule has 0 saturated carbocycles. The van der Waals surface area contributed by atoms with Crippen molar-refractivity contribution in [2.75, 3.05) is 37.5 Å². The average Bonchev–Trinajstić information content (AvgIpc) is 2.39. The van der Waals surface area contributed by atoms with E-state index in [1.54, 1.807) is 7.11 Å². The molecule has 8 heteroatoms. The minimum absolute atomic E-state index is 0.00395. The number of pyridine rings is 1. The Hall–Kier alpha value is -1.93. The van der Waals surface area contributed by atoms with Crippen LogP contribution in [0.1, 0.15) is 13.3 Å². The molecule has 1 heterocycles. The van der Waals surface area contributed by atoms with Crippen LogP contribution in [0.15, 0.2) is 12.1 Å². The molecule has 0 fully saturated rings. The van der Waals surface area contributed by atoms with Gasteiger partial charge in [-0.05, 0) is 13.3 Å². The van der Waals surface area contributed by atoms with Crippen molar-refractivity contribution in [3.05, 3.63) is 22.2 Å². The summed E-state index contributed by atoms with van der Waals surface area (Å²) in [6.45, 7) is 2.87. The number of hydrogen-bond donors (Lipinski definition) is 3. The SMILES string of the molecule is CCNc1cc([N+](=O)[O-])cc(NC(CCO)COC)n1. The number of methoxy groups -OCH3 is 1. The third-order valence-electron chi connectivity index (χ3n) is 2.58. The van der Waals surface area contributed by atoms with E-state index >= 15 is 0 Å². The average molecular weight is 284 g/mol. The van der Waals surface area contributed by atoms with E-state index < -0.39 is 4.92 Å². The quantitative estimate of drug-likeness (QED) is 0.462. The molecule has 1 rings (SSSR count). The van der Waals surface area contributed by atoms with Crippen molar-refractivity contribution >= 4 is 17.3 Å². The lowest BCUT2D eigenvalue weighted by molar-refractivity contribution is -0.384. The van der Waals surface area contributed by atoms with Crippen LogP contribution < -0.4 is 10.6 Å². The summed E-state index contributed by atoms with van der Waals surface area (Å²) in [6.07, 6.45) is 0.467. The van der Waals surface area contributed by atoms with Crippen LogP contribution in [-0.4, -0.2) is 47.9 Å². The molecule has 0 aliphatic rings. The second kappa shape index (κ2) is 8.28. The van der Waals surface area contributed by atoms with Gasteiger partial charge >= 0.3 is 0 Å². The fourth-order valence-corrected chi connectivity index (χ4v) is 1.73. The number of nitro groups is 1. The number of rotatable bonds is 9. The lowest BCUT2D eigenvalue weighted by atomic mass is 10.2. The number of nitrogens with one attached hydrogen (secondary N) is 2. The molecule has 0 aliphatic carbocycles. The first-order chi connectivity index (χ1) is 9.60. The molecule has 8 nitrogen and oxygen atoms in total. The number of hydrogen-bond acceptors (Lipinski definition) is 7. The Morgan fingerprint density at radius 1 is 1.50 bits per heavy atom. The van der Waals surface area contributed by atoms with Gasteiger partial charge in [-0.1, -0.05) is 0 Å². The predicted octanol–water partition coefficient (Wildman–Crippen LogP) is 1.23. The van der Waals surface area contributed by atoms with Crippen molar-refractivity contribution in [2.45, 2.75) is 19.4 Å². The van der Waals surface area contributed by atoms with Gasteiger partial charge in [0.1, 0.15) is 11.6 Å². The molecule has 0 aliphatic heterocycles. The normalized spacial score (nSPS) is 11.9. The molecule has 1 aromatic rings. The molecule has 20 heavy (non-hydrogen) atoms. The summed E-state index contributed by atoms with van der Waals surface area (Å²) in [4.78, 5) is 14.7. The zero-order chi connectivity index (χ0) is 15.0. The third kappa shape index (κ3) is 4.98. The molecule has 1 aromatic heterocycles. The van der Waals surface area contributed by atoms with E-state index in [1.807, 2.05) is 6.92 Å². The molecule has 112 valence electrons. The van der Waals surface area contributed by atoms with E-state index in [0.717, 1.165) is 0 Å². The Bertz CT molecular complexity index is 435. The Balaban J connectivity index is 2.93. The van der Waals surface area contributed by atoms with E-state index in [1.165, 1.54) is 12.1 Å². The van der Waals surface area contributed by atoms with Gasteiger partial charge in [0.2, 0.25) is 0 Å². The van der Waals surface area contributed by atoms with Crippen LogP contribution in [-0.2, 0) is 4.74 Å². The molecule has 1 unspecified atom stereocenters. The molecule has 0 amide bonds. The number of anilines is 2. The lowest BCUT2D eigenvalue weighted by Gasteiger charge is -2.17. The Morgan fingerprint density at radius 2 is 2.20 bits per heavy atom. The van der Waals surface area contributed by atoms with Gasteiger partial charge in [-0.2, -0.15) is 0 Å². The fraction of sp³-hybridized carbons (Fsp3) is 0.583. The second-order valence-electron chi connectivity index (χ2n) is 4.19. The number of ether oxygens (including phenoxy) is 1. The van der Waals surface area contributed by atoms with Crippen molar-refractivity contribution in [3.63, 3.8) is 0 Å². The van der Waals surface area contributed by atoms with Crippen molar-refractivity contribution in [3.8, 4) is 0 Å². The maximum atomic E-state index is 10.9. The summed E-state index contributed by atoms with van der Waals surface area (Å²) in [5, 5.41) is 25.9. The van der Waals surface area contributed by atoms with Crippen LogP contribution in [0.3, 0.4) is 0 Å². The van der Waals surface area contributed by atoms with E-state index in [-0.39, 0.29) is 18.3 Å². The Labute approximate surface area is 117 Å². The van der Waals surface area contributed by atoms with Crippen LogP contribution in [0.2, 0.25) is 0 Å². The summed E-state index contributed by atoms with van der Waals surface area (Å²) >= 11 is 0.